The Kier molecular flexibility index (Phi) is 4.19. The van der Waals surface area contributed by atoms with Crippen molar-refractivity contribution in [3.05, 3.63) is 78.1 Å². The minimum atomic E-state index is -0.0658. The fourth-order valence-electron chi connectivity index (χ4n) is 3.04. The molecule has 0 fully saturated rings. The average molecular weight is 356 g/mol. The molecule has 136 valence electrons. The third-order valence-corrected chi connectivity index (χ3v) is 4.65. The van der Waals surface area contributed by atoms with Gasteiger partial charge in [-0.1, -0.05) is 68.8 Å². The molecule has 0 bridgehead atoms. The van der Waals surface area contributed by atoms with E-state index in [1.165, 1.54) is 5.56 Å². The van der Waals surface area contributed by atoms with Gasteiger partial charge in [-0.3, -0.25) is 0 Å². The van der Waals surface area contributed by atoms with Gasteiger partial charge in [0, 0.05) is 22.7 Å². The summed E-state index contributed by atoms with van der Waals surface area (Å²) in [6.07, 6.45) is 1.90. The lowest BCUT2D eigenvalue weighted by atomic mass is 9.92. The van der Waals surface area contributed by atoms with Crippen LogP contribution in [0.4, 0.5) is 11.5 Å². The van der Waals surface area contributed by atoms with E-state index in [2.05, 4.69) is 68.4 Å². The molecule has 4 nitrogen and oxygen atoms in total. The van der Waals surface area contributed by atoms with Crippen molar-refractivity contribution in [1.29, 1.82) is 0 Å². The molecule has 0 aliphatic carbocycles. The van der Waals surface area contributed by atoms with Gasteiger partial charge in [0.15, 0.2) is 5.65 Å². The van der Waals surface area contributed by atoms with Gasteiger partial charge in [-0.2, -0.15) is 9.61 Å². The lowest BCUT2D eigenvalue weighted by Gasteiger charge is -2.20. The number of nitrogens with zero attached hydrogens (tertiary/aromatic N) is 3. The molecule has 2 aromatic carbocycles. The molecule has 0 unspecified atom stereocenters. The fourth-order valence-corrected chi connectivity index (χ4v) is 3.04. The average Bonchev–Trinajstić information content (AvgIpc) is 3.07. The van der Waals surface area contributed by atoms with Crippen LogP contribution in [0.3, 0.4) is 0 Å². The van der Waals surface area contributed by atoms with Gasteiger partial charge in [0.2, 0.25) is 0 Å². The van der Waals surface area contributed by atoms with E-state index in [0.717, 1.165) is 34.0 Å². The molecule has 1 N–H and O–H groups in total. The van der Waals surface area contributed by atoms with Crippen LogP contribution in [0, 0.1) is 6.92 Å². The second-order valence-electron chi connectivity index (χ2n) is 7.93. The number of fused-ring (bicyclic) bond motifs is 1. The van der Waals surface area contributed by atoms with Crippen LogP contribution in [-0.2, 0) is 5.41 Å². The Morgan fingerprint density at radius 1 is 0.926 bits per heavy atom. The van der Waals surface area contributed by atoms with Gasteiger partial charge in [-0.05, 0) is 24.6 Å². The number of nitrogens with one attached hydrogen (secondary N) is 1. The molecule has 0 aliphatic rings. The maximum atomic E-state index is 4.97. The van der Waals surface area contributed by atoms with E-state index in [4.69, 9.17) is 4.98 Å². The molecule has 4 rings (SSSR count). The first kappa shape index (κ1) is 17.3. The summed E-state index contributed by atoms with van der Waals surface area (Å²) in [5.74, 6) is 0.912. The lowest BCUT2D eigenvalue weighted by Crippen LogP contribution is -2.16. The second-order valence-corrected chi connectivity index (χ2v) is 7.93. The number of aryl methyl sites for hydroxylation is 1. The van der Waals surface area contributed by atoms with Gasteiger partial charge in [0.05, 0.1) is 11.9 Å². The van der Waals surface area contributed by atoms with Crippen LogP contribution in [0.25, 0.3) is 16.8 Å². The molecular weight excluding hydrogens is 332 g/mol. The van der Waals surface area contributed by atoms with Crippen LogP contribution in [0.1, 0.15) is 32.0 Å². The zero-order valence-electron chi connectivity index (χ0n) is 16.2. The number of para-hydroxylation sites is 1. The zero-order chi connectivity index (χ0) is 19.0. The highest BCUT2D eigenvalue weighted by atomic mass is 15.3. The lowest BCUT2D eigenvalue weighted by molar-refractivity contribution is 0.569. The molecule has 0 saturated carbocycles. The molecule has 4 aromatic rings. The van der Waals surface area contributed by atoms with Crippen molar-refractivity contribution in [2.75, 3.05) is 5.32 Å². The van der Waals surface area contributed by atoms with E-state index in [1.54, 1.807) is 0 Å². The molecule has 2 aromatic heterocycles. The van der Waals surface area contributed by atoms with Gasteiger partial charge in [0.25, 0.3) is 0 Å². The van der Waals surface area contributed by atoms with Gasteiger partial charge < -0.3 is 5.32 Å². The van der Waals surface area contributed by atoms with Gasteiger partial charge in [-0.25, -0.2) is 4.98 Å². The molecule has 0 amide bonds. The summed E-state index contributed by atoms with van der Waals surface area (Å²) in [4.78, 5) is 4.97. The van der Waals surface area contributed by atoms with Crippen LogP contribution < -0.4 is 5.32 Å². The monoisotopic (exact) mass is 356 g/mol. The van der Waals surface area contributed by atoms with E-state index in [-0.39, 0.29) is 5.41 Å². The molecule has 0 radical (unpaired) electrons. The number of anilines is 2. The fraction of sp³-hybridized carbons (Fsp3) is 0.217. The van der Waals surface area contributed by atoms with Crippen molar-refractivity contribution in [3.8, 4) is 11.1 Å². The normalized spacial score (nSPS) is 11.7. The Morgan fingerprint density at radius 2 is 1.63 bits per heavy atom. The van der Waals surface area contributed by atoms with Crippen molar-refractivity contribution in [3.63, 3.8) is 0 Å². The van der Waals surface area contributed by atoms with Crippen LogP contribution >= 0.6 is 0 Å². The van der Waals surface area contributed by atoms with Crippen molar-refractivity contribution < 1.29 is 0 Å². The van der Waals surface area contributed by atoms with Crippen molar-refractivity contribution in [2.45, 2.75) is 33.1 Å². The maximum absolute atomic E-state index is 4.97. The summed E-state index contributed by atoms with van der Waals surface area (Å²) >= 11 is 0. The summed E-state index contributed by atoms with van der Waals surface area (Å²) < 4.78 is 1.89. The maximum Gasteiger partial charge on any atom is 0.165 e. The van der Waals surface area contributed by atoms with E-state index < -0.39 is 0 Å². The van der Waals surface area contributed by atoms with Crippen LogP contribution in [0.15, 0.2) is 66.9 Å². The van der Waals surface area contributed by atoms with E-state index in [0.29, 0.717) is 0 Å². The summed E-state index contributed by atoms with van der Waals surface area (Å²) in [5, 5.41) is 8.12. The Balaban J connectivity index is 1.91. The highest BCUT2D eigenvalue weighted by Crippen LogP contribution is 2.30. The Bertz CT molecular complexity index is 1070. The second kappa shape index (κ2) is 6.54. The van der Waals surface area contributed by atoms with Gasteiger partial charge >= 0.3 is 0 Å². The third kappa shape index (κ3) is 3.43. The SMILES string of the molecule is Cc1ccc(-c2cnn3c(Nc4ccccc4)cc(C(C)(C)C)nc23)cc1. The van der Waals surface area contributed by atoms with Crippen LogP contribution in [0.2, 0.25) is 0 Å². The third-order valence-electron chi connectivity index (χ3n) is 4.65. The molecule has 0 atom stereocenters. The topological polar surface area (TPSA) is 42.2 Å². The number of hydrogen-bond donors (Lipinski definition) is 1. The van der Waals surface area contributed by atoms with E-state index in [1.807, 2.05) is 41.0 Å². The predicted molar refractivity (Wildman–Crippen MR) is 112 cm³/mol. The number of benzene rings is 2. The molecule has 2 heterocycles. The molecule has 27 heavy (non-hydrogen) atoms. The summed E-state index contributed by atoms with van der Waals surface area (Å²) in [6, 6.07) is 20.7. The number of aromatic nitrogens is 3. The van der Waals surface area contributed by atoms with Gasteiger partial charge in [0.1, 0.15) is 5.82 Å². The first-order valence-electron chi connectivity index (χ1n) is 9.20. The number of rotatable bonds is 3. The predicted octanol–water partition coefficient (Wildman–Crippen LogP) is 5.75. The summed E-state index contributed by atoms with van der Waals surface area (Å²) in [6.45, 7) is 8.64. The Labute approximate surface area is 159 Å². The smallest absolute Gasteiger partial charge is 0.165 e. The quantitative estimate of drug-likeness (QED) is 0.508. The molecule has 4 heteroatoms. The highest BCUT2D eigenvalue weighted by molar-refractivity contribution is 5.79. The minimum Gasteiger partial charge on any atom is -0.340 e. The van der Waals surface area contributed by atoms with Gasteiger partial charge in [-0.15, -0.1) is 0 Å². The Morgan fingerprint density at radius 3 is 2.30 bits per heavy atom. The van der Waals surface area contributed by atoms with Crippen LogP contribution in [-0.4, -0.2) is 14.6 Å². The largest absolute Gasteiger partial charge is 0.340 e. The number of hydrogen-bond acceptors (Lipinski definition) is 3. The molecule has 0 spiro atoms. The zero-order valence-corrected chi connectivity index (χ0v) is 16.2. The van der Waals surface area contributed by atoms with E-state index in [9.17, 15) is 0 Å². The first-order chi connectivity index (χ1) is 12.9. The Hall–Kier alpha value is -3.14. The first-order valence-corrected chi connectivity index (χ1v) is 9.20. The molecule has 0 saturated heterocycles. The molecule has 0 aliphatic heterocycles. The standard InChI is InChI=1S/C23H24N4/c1-16-10-12-17(13-11-16)19-15-24-27-21(25-18-8-6-5-7-9-18)14-20(23(2,3)4)26-22(19)27/h5-15,25H,1-4H3. The van der Waals surface area contributed by atoms with Crippen molar-refractivity contribution in [1.82, 2.24) is 14.6 Å². The molecular formula is C23H24N4. The minimum absolute atomic E-state index is 0.0658. The van der Waals surface area contributed by atoms with Crippen molar-refractivity contribution >= 4 is 17.2 Å². The van der Waals surface area contributed by atoms with E-state index >= 15 is 0 Å². The van der Waals surface area contributed by atoms with Crippen molar-refractivity contribution in [2.24, 2.45) is 0 Å². The summed E-state index contributed by atoms with van der Waals surface area (Å²) in [7, 11) is 0. The van der Waals surface area contributed by atoms with Crippen LogP contribution in [0.5, 0.6) is 0 Å². The summed E-state index contributed by atoms with van der Waals surface area (Å²) in [5.41, 5.74) is 6.26. The highest BCUT2D eigenvalue weighted by Gasteiger charge is 2.20.